The molecule has 0 saturated carbocycles. The average Bonchev–Trinajstić information content (AvgIpc) is 2.82. The highest BCUT2D eigenvalue weighted by molar-refractivity contribution is 9.11. The van der Waals surface area contributed by atoms with E-state index in [9.17, 15) is 8.42 Å². The first kappa shape index (κ1) is 16.7. The lowest BCUT2D eigenvalue weighted by molar-refractivity contribution is 0.217. The van der Waals surface area contributed by atoms with Gasteiger partial charge in [0.25, 0.3) is 15.2 Å². The van der Waals surface area contributed by atoms with Crippen molar-refractivity contribution < 1.29 is 13.2 Å². The number of sulfonamides is 1. The molecular weight excluding hydrogens is 420 g/mol. The molecule has 122 valence electrons. The number of rotatable bonds is 3. The molecule has 23 heavy (non-hydrogen) atoms. The minimum Gasteiger partial charge on any atom is -0.467 e. The first-order valence-electron chi connectivity index (χ1n) is 6.72. The van der Waals surface area contributed by atoms with E-state index < -0.39 is 10.0 Å². The Kier molecular flexibility index (Phi) is 4.63. The monoisotopic (exact) mass is 432 g/mol. The second kappa shape index (κ2) is 6.39. The molecule has 0 aliphatic carbocycles. The van der Waals surface area contributed by atoms with Crippen molar-refractivity contribution >= 4 is 66.1 Å². The Balaban J connectivity index is 1.89. The number of anilines is 2. The van der Waals surface area contributed by atoms with Gasteiger partial charge < -0.3 is 10.1 Å². The molecule has 2 N–H and O–H groups in total. The van der Waals surface area contributed by atoms with E-state index in [2.05, 4.69) is 26.0 Å². The van der Waals surface area contributed by atoms with Crippen LogP contribution < -0.4 is 10.0 Å². The van der Waals surface area contributed by atoms with Crippen LogP contribution in [0.3, 0.4) is 0 Å². The Labute approximate surface area is 152 Å². The Bertz CT molecular complexity index is 864. The lowest BCUT2D eigenvalue weighted by Crippen LogP contribution is -2.16. The normalized spacial score (nSPS) is 17.7. The first-order chi connectivity index (χ1) is 10.8. The number of hydrogen-bond acceptors (Lipinski definition) is 5. The number of thiocarbonyl (C=S) groups is 1. The molecule has 0 fully saturated rings. The molecule has 1 aromatic carbocycles. The van der Waals surface area contributed by atoms with Crippen LogP contribution in [0.4, 0.5) is 11.4 Å². The Morgan fingerprint density at radius 1 is 1.39 bits per heavy atom. The van der Waals surface area contributed by atoms with Gasteiger partial charge in [-0.3, -0.25) is 4.72 Å². The van der Waals surface area contributed by atoms with Crippen molar-refractivity contribution in [2.45, 2.75) is 23.7 Å². The van der Waals surface area contributed by atoms with Crippen molar-refractivity contribution in [3.63, 3.8) is 0 Å². The molecule has 1 unspecified atom stereocenters. The molecular formula is C14H13BrN2O3S3. The zero-order valence-corrected chi connectivity index (χ0v) is 16.0. The summed E-state index contributed by atoms with van der Waals surface area (Å²) in [6.07, 6.45) is 0.569. The van der Waals surface area contributed by atoms with E-state index in [1.165, 1.54) is 0 Å². The maximum atomic E-state index is 12.4. The second-order valence-electron chi connectivity index (χ2n) is 5.08. The summed E-state index contributed by atoms with van der Waals surface area (Å²) in [5.74, 6) is 0. The van der Waals surface area contributed by atoms with Crippen molar-refractivity contribution in [2.75, 3.05) is 10.0 Å². The highest BCUT2D eigenvalue weighted by Crippen LogP contribution is 2.30. The van der Waals surface area contributed by atoms with Gasteiger partial charge in [-0.25, -0.2) is 8.42 Å². The smallest absolute Gasteiger partial charge is 0.271 e. The third-order valence-electron chi connectivity index (χ3n) is 3.22. The molecule has 2 aromatic rings. The van der Waals surface area contributed by atoms with E-state index >= 15 is 0 Å². The zero-order chi connectivity index (χ0) is 16.6. The lowest BCUT2D eigenvalue weighted by atomic mass is 10.1. The molecule has 3 rings (SSSR count). The number of hydrogen-bond donors (Lipinski definition) is 2. The van der Waals surface area contributed by atoms with Crippen LogP contribution in [0.5, 0.6) is 0 Å². The maximum Gasteiger partial charge on any atom is 0.271 e. The summed E-state index contributed by atoms with van der Waals surface area (Å²) >= 11 is 9.52. The van der Waals surface area contributed by atoms with Crippen LogP contribution in [0.2, 0.25) is 0 Å². The fourth-order valence-corrected chi connectivity index (χ4v) is 5.60. The van der Waals surface area contributed by atoms with Gasteiger partial charge in [-0.05, 0) is 71.0 Å². The second-order valence-corrected chi connectivity index (χ2v) is 9.82. The number of halogens is 1. The summed E-state index contributed by atoms with van der Waals surface area (Å²) in [5, 5.41) is 3.33. The number of ether oxygens (including phenoxy) is 1. The van der Waals surface area contributed by atoms with Crippen molar-refractivity contribution in [1.29, 1.82) is 0 Å². The van der Waals surface area contributed by atoms with E-state index in [0.717, 1.165) is 26.4 Å². The van der Waals surface area contributed by atoms with Crippen molar-refractivity contribution in [1.82, 2.24) is 0 Å². The molecule has 0 spiro atoms. The Hall–Kier alpha value is -1.16. The molecule has 0 saturated heterocycles. The lowest BCUT2D eigenvalue weighted by Gasteiger charge is -2.11. The van der Waals surface area contributed by atoms with E-state index in [1.807, 2.05) is 6.92 Å². The summed E-state index contributed by atoms with van der Waals surface area (Å²) in [4.78, 5) is 0. The fourth-order valence-electron chi connectivity index (χ4n) is 2.27. The molecule has 0 bridgehead atoms. The molecule has 1 atom stereocenters. The van der Waals surface area contributed by atoms with Gasteiger partial charge in [-0.2, -0.15) is 0 Å². The van der Waals surface area contributed by atoms with Crippen LogP contribution in [0.1, 0.15) is 12.5 Å². The van der Waals surface area contributed by atoms with E-state index in [4.69, 9.17) is 17.0 Å². The van der Waals surface area contributed by atoms with Crippen LogP contribution in [-0.4, -0.2) is 19.7 Å². The third-order valence-corrected chi connectivity index (χ3v) is 6.92. The van der Waals surface area contributed by atoms with Crippen LogP contribution in [0, 0.1) is 0 Å². The summed E-state index contributed by atoms with van der Waals surface area (Å²) < 4.78 is 33.9. The summed E-state index contributed by atoms with van der Waals surface area (Å²) in [6, 6.07) is 8.57. The average molecular weight is 433 g/mol. The van der Waals surface area contributed by atoms with Crippen LogP contribution in [-0.2, 0) is 21.2 Å². The Morgan fingerprint density at radius 2 is 2.17 bits per heavy atom. The number of benzene rings is 1. The first-order valence-corrected chi connectivity index (χ1v) is 10.2. The predicted molar refractivity (Wildman–Crippen MR) is 99.7 cm³/mol. The molecule has 2 heterocycles. The largest absolute Gasteiger partial charge is 0.467 e. The topological polar surface area (TPSA) is 67.4 Å². The summed E-state index contributed by atoms with van der Waals surface area (Å²) in [7, 11) is -3.59. The third kappa shape index (κ3) is 3.85. The highest BCUT2D eigenvalue weighted by Gasteiger charge is 2.20. The molecule has 0 radical (unpaired) electrons. The van der Waals surface area contributed by atoms with Gasteiger partial charge in [0, 0.05) is 17.8 Å². The van der Waals surface area contributed by atoms with E-state index in [-0.39, 0.29) is 10.3 Å². The van der Waals surface area contributed by atoms with E-state index in [0.29, 0.717) is 17.3 Å². The van der Waals surface area contributed by atoms with Gasteiger partial charge in [0.05, 0.1) is 3.79 Å². The summed E-state index contributed by atoms with van der Waals surface area (Å²) in [5.41, 5.74) is 2.29. The van der Waals surface area contributed by atoms with Gasteiger partial charge in [-0.15, -0.1) is 11.3 Å². The molecule has 5 nitrogen and oxygen atoms in total. The molecule has 9 heteroatoms. The molecule has 1 aromatic heterocycles. The summed E-state index contributed by atoms with van der Waals surface area (Å²) in [6.45, 7) is 1.92. The molecule has 1 aliphatic heterocycles. The van der Waals surface area contributed by atoms with Gasteiger partial charge in [-0.1, -0.05) is 0 Å². The van der Waals surface area contributed by atoms with Crippen molar-refractivity contribution in [3.05, 3.63) is 39.7 Å². The maximum absolute atomic E-state index is 12.4. The van der Waals surface area contributed by atoms with Gasteiger partial charge in [0.15, 0.2) is 0 Å². The highest BCUT2D eigenvalue weighted by atomic mass is 79.9. The number of fused-ring (bicyclic) bond motifs is 1. The fraction of sp³-hybridized carbons (Fsp3) is 0.214. The minimum atomic E-state index is -3.59. The van der Waals surface area contributed by atoms with Crippen LogP contribution in [0.25, 0.3) is 0 Å². The Morgan fingerprint density at radius 3 is 2.87 bits per heavy atom. The molecule has 1 aliphatic rings. The van der Waals surface area contributed by atoms with Crippen molar-refractivity contribution in [2.24, 2.45) is 0 Å². The SMILES string of the molecule is CC1Cc2cc(NS(=O)(=O)c3ccc(Br)s3)ccc2NC(=S)O1. The number of thiophene rings is 1. The van der Waals surface area contributed by atoms with Gasteiger partial charge in [0.1, 0.15) is 10.3 Å². The standard InChI is InChI=1S/C14H13BrN2O3S3/c1-8-6-9-7-10(2-3-11(9)16-14(21)20-8)17-23(18,19)13-5-4-12(15)22-13/h2-5,7-8,17H,6H2,1H3,(H,16,21). The van der Waals surface area contributed by atoms with Crippen LogP contribution >= 0.6 is 39.5 Å². The van der Waals surface area contributed by atoms with Crippen LogP contribution in [0.15, 0.2) is 38.3 Å². The van der Waals surface area contributed by atoms with Gasteiger partial charge >= 0.3 is 0 Å². The van der Waals surface area contributed by atoms with Crippen molar-refractivity contribution in [3.8, 4) is 0 Å². The number of nitrogens with one attached hydrogen (secondary N) is 2. The molecule has 0 amide bonds. The predicted octanol–water partition coefficient (Wildman–Crippen LogP) is 3.97. The minimum absolute atomic E-state index is 0.0728. The quantitative estimate of drug-likeness (QED) is 0.718. The van der Waals surface area contributed by atoms with Gasteiger partial charge in [0.2, 0.25) is 0 Å². The zero-order valence-electron chi connectivity index (χ0n) is 12.0. The van der Waals surface area contributed by atoms with E-state index in [1.54, 1.807) is 30.3 Å².